The van der Waals surface area contributed by atoms with Crippen LogP contribution in [0.15, 0.2) is 22.3 Å². The molecule has 0 bridgehead atoms. The smallest absolute Gasteiger partial charge is 0.348 e. The highest BCUT2D eigenvalue weighted by atomic mass is 32.2. The van der Waals surface area contributed by atoms with E-state index < -0.39 is 11.7 Å². The number of hydrogen-bond acceptors (Lipinski definition) is 5. The Morgan fingerprint density at radius 1 is 1.61 bits per heavy atom. The molecule has 0 atom stereocenters. The van der Waals surface area contributed by atoms with E-state index in [1.165, 1.54) is 10.8 Å². The second kappa shape index (κ2) is 5.08. The predicted molar refractivity (Wildman–Crippen MR) is 64.0 cm³/mol. The third-order valence-corrected chi connectivity index (χ3v) is 3.09. The molecule has 0 aliphatic rings. The molecule has 0 spiro atoms. The van der Waals surface area contributed by atoms with Gasteiger partial charge in [-0.25, -0.2) is 14.5 Å². The summed E-state index contributed by atoms with van der Waals surface area (Å²) >= 11 is 0.972. The summed E-state index contributed by atoms with van der Waals surface area (Å²) < 4.78 is 2.97. The first-order valence-corrected chi connectivity index (χ1v) is 6.15. The molecule has 0 saturated carbocycles. The number of nitrogens with zero attached hydrogens (tertiary/aromatic N) is 4. The summed E-state index contributed by atoms with van der Waals surface area (Å²) in [6, 6.07) is 0. The van der Waals surface area contributed by atoms with Crippen LogP contribution in [-0.2, 0) is 11.3 Å². The Balaban J connectivity index is 2.34. The fourth-order valence-electron chi connectivity index (χ4n) is 1.37. The molecule has 2 rings (SSSR count). The summed E-state index contributed by atoms with van der Waals surface area (Å²) in [5.41, 5.74) is 0.141. The Morgan fingerprint density at radius 2 is 2.39 bits per heavy atom. The quantitative estimate of drug-likeness (QED) is 0.737. The summed E-state index contributed by atoms with van der Waals surface area (Å²) in [7, 11) is 0. The maximum absolute atomic E-state index is 11.6. The van der Waals surface area contributed by atoms with Gasteiger partial charge in [-0.05, 0) is 6.92 Å². The minimum absolute atomic E-state index is 0.161. The van der Waals surface area contributed by atoms with Crippen molar-refractivity contribution in [3.63, 3.8) is 0 Å². The maximum Gasteiger partial charge on any atom is 0.348 e. The Morgan fingerprint density at radius 3 is 3.00 bits per heavy atom. The van der Waals surface area contributed by atoms with Crippen LogP contribution in [0.5, 0.6) is 0 Å². The fraction of sp³-hybridized carbons (Fsp3) is 0.333. The van der Waals surface area contributed by atoms with Crippen LogP contribution in [0.2, 0.25) is 0 Å². The van der Waals surface area contributed by atoms with Crippen LogP contribution < -0.4 is 5.69 Å². The zero-order valence-corrected chi connectivity index (χ0v) is 10.3. The van der Waals surface area contributed by atoms with Crippen molar-refractivity contribution in [1.82, 2.24) is 24.5 Å². The van der Waals surface area contributed by atoms with Gasteiger partial charge in [-0.15, -0.1) is 5.10 Å². The van der Waals surface area contributed by atoms with Gasteiger partial charge in [0.15, 0.2) is 5.16 Å². The molecule has 8 nitrogen and oxygen atoms in total. The number of hydrogen-bond donors (Lipinski definition) is 2. The van der Waals surface area contributed by atoms with E-state index in [9.17, 15) is 9.59 Å². The topological polar surface area (TPSA) is 106 Å². The van der Waals surface area contributed by atoms with Crippen molar-refractivity contribution < 1.29 is 9.90 Å². The van der Waals surface area contributed by atoms with Gasteiger partial charge in [-0.2, -0.15) is 5.10 Å². The monoisotopic (exact) mass is 269 g/mol. The summed E-state index contributed by atoms with van der Waals surface area (Å²) in [6.45, 7) is 2.61. The normalized spacial score (nSPS) is 10.7. The van der Waals surface area contributed by atoms with E-state index in [2.05, 4.69) is 15.3 Å². The van der Waals surface area contributed by atoms with E-state index in [1.807, 2.05) is 6.92 Å². The summed E-state index contributed by atoms with van der Waals surface area (Å²) in [4.78, 5) is 22.1. The molecule has 2 aromatic heterocycles. The summed E-state index contributed by atoms with van der Waals surface area (Å²) in [5, 5.41) is 19.1. The Bertz CT molecular complexity index is 614. The van der Waals surface area contributed by atoms with Crippen molar-refractivity contribution in [2.45, 2.75) is 18.6 Å². The van der Waals surface area contributed by atoms with Gasteiger partial charge < -0.3 is 5.11 Å². The van der Waals surface area contributed by atoms with E-state index in [-0.39, 0.29) is 5.75 Å². The zero-order valence-electron chi connectivity index (χ0n) is 9.53. The van der Waals surface area contributed by atoms with Crippen LogP contribution in [0.4, 0.5) is 0 Å². The third-order valence-electron chi connectivity index (χ3n) is 2.17. The van der Waals surface area contributed by atoms with Crippen LogP contribution >= 0.6 is 11.8 Å². The van der Waals surface area contributed by atoms with Crippen molar-refractivity contribution in [2.75, 3.05) is 5.75 Å². The van der Waals surface area contributed by atoms with Crippen LogP contribution in [0.1, 0.15) is 6.92 Å². The van der Waals surface area contributed by atoms with Crippen LogP contribution in [-0.4, -0.2) is 41.4 Å². The van der Waals surface area contributed by atoms with Crippen LogP contribution in [0.3, 0.4) is 0 Å². The lowest BCUT2D eigenvalue weighted by Gasteiger charge is -2.00. The lowest BCUT2D eigenvalue weighted by atomic mass is 10.5. The molecule has 0 fully saturated rings. The molecule has 2 heterocycles. The number of rotatable bonds is 5. The van der Waals surface area contributed by atoms with E-state index in [0.29, 0.717) is 17.4 Å². The number of nitrogens with one attached hydrogen (secondary N) is 1. The molecule has 0 unspecified atom stereocenters. The van der Waals surface area contributed by atoms with Crippen molar-refractivity contribution in [1.29, 1.82) is 0 Å². The molecule has 18 heavy (non-hydrogen) atoms. The zero-order chi connectivity index (χ0) is 13.1. The molecule has 96 valence electrons. The van der Waals surface area contributed by atoms with E-state index in [1.54, 1.807) is 10.9 Å². The number of aromatic nitrogens is 5. The first-order chi connectivity index (χ1) is 8.61. The minimum atomic E-state index is -0.966. The molecule has 0 amide bonds. The molecular formula is C9H11N5O3S. The number of aliphatic carboxylic acids is 1. The van der Waals surface area contributed by atoms with E-state index in [0.717, 1.165) is 11.8 Å². The molecule has 0 aliphatic heterocycles. The van der Waals surface area contributed by atoms with Crippen LogP contribution in [0.25, 0.3) is 5.69 Å². The third kappa shape index (κ3) is 2.45. The average molecular weight is 269 g/mol. The number of carbonyl (C=O) groups is 1. The molecule has 2 aromatic rings. The Kier molecular flexibility index (Phi) is 3.51. The summed E-state index contributed by atoms with van der Waals surface area (Å²) in [6.07, 6.45) is 3.23. The maximum atomic E-state index is 11.6. The van der Waals surface area contributed by atoms with Gasteiger partial charge in [-0.3, -0.25) is 9.48 Å². The number of carboxylic acid groups (broad SMARTS) is 1. The largest absolute Gasteiger partial charge is 0.481 e. The standard InChI is InChI=1S/C9H11N5O3S/c1-2-13-4-6(3-10-13)14-8(17)11-12-9(14)18-5-7(15)16/h3-4H,2,5H2,1H3,(H,11,17)(H,15,16). The highest BCUT2D eigenvalue weighted by molar-refractivity contribution is 7.99. The van der Waals surface area contributed by atoms with Crippen molar-refractivity contribution >= 4 is 17.7 Å². The van der Waals surface area contributed by atoms with E-state index in [4.69, 9.17) is 5.11 Å². The first-order valence-electron chi connectivity index (χ1n) is 5.16. The predicted octanol–water partition coefficient (Wildman–Crippen LogP) is -0.0463. The highest BCUT2D eigenvalue weighted by Crippen LogP contribution is 2.16. The molecule has 0 radical (unpaired) electrons. The average Bonchev–Trinajstić information content (AvgIpc) is 2.92. The van der Waals surface area contributed by atoms with Crippen molar-refractivity contribution in [3.05, 3.63) is 22.9 Å². The lowest BCUT2D eigenvalue weighted by Crippen LogP contribution is -2.15. The second-order valence-corrected chi connectivity index (χ2v) is 4.33. The number of aryl methyl sites for hydroxylation is 1. The lowest BCUT2D eigenvalue weighted by molar-refractivity contribution is -0.133. The van der Waals surface area contributed by atoms with Gasteiger partial charge in [0.1, 0.15) is 0 Å². The molecule has 2 N–H and O–H groups in total. The Labute approximate surface area is 106 Å². The number of carboxylic acids is 1. The summed E-state index contributed by atoms with van der Waals surface area (Å²) in [5.74, 6) is -1.13. The van der Waals surface area contributed by atoms with E-state index >= 15 is 0 Å². The molecule has 0 aromatic carbocycles. The Hall–Kier alpha value is -2.03. The number of thioether (sulfide) groups is 1. The van der Waals surface area contributed by atoms with Crippen molar-refractivity contribution in [2.24, 2.45) is 0 Å². The fourth-order valence-corrected chi connectivity index (χ4v) is 2.05. The number of H-pyrrole nitrogens is 1. The highest BCUT2D eigenvalue weighted by Gasteiger charge is 2.13. The van der Waals surface area contributed by atoms with Gasteiger partial charge in [0.2, 0.25) is 0 Å². The molecule has 9 heteroatoms. The van der Waals surface area contributed by atoms with Gasteiger partial charge in [-0.1, -0.05) is 11.8 Å². The van der Waals surface area contributed by atoms with Gasteiger partial charge >= 0.3 is 11.7 Å². The molecular weight excluding hydrogens is 258 g/mol. The molecule has 0 aliphatic carbocycles. The molecule has 0 saturated heterocycles. The second-order valence-electron chi connectivity index (χ2n) is 3.38. The first kappa shape index (κ1) is 12.4. The van der Waals surface area contributed by atoms with Gasteiger partial charge in [0, 0.05) is 12.7 Å². The van der Waals surface area contributed by atoms with Crippen molar-refractivity contribution in [3.8, 4) is 5.69 Å². The van der Waals surface area contributed by atoms with Gasteiger partial charge in [0.05, 0.1) is 17.6 Å². The minimum Gasteiger partial charge on any atom is -0.481 e. The van der Waals surface area contributed by atoms with Crippen LogP contribution in [0, 0.1) is 0 Å². The SMILES string of the molecule is CCn1cc(-n2c(SCC(=O)O)n[nH]c2=O)cn1. The van der Waals surface area contributed by atoms with Gasteiger partial charge in [0.25, 0.3) is 0 Å². The number of aromatic amines is 1.